The number of hydrogen-bond donors (Lipinski definition) is 0. The predicted octanol–water partition coefficient (Wildman–Crippen LogP) is 7.91. The first-order chi connectivity index (χ1) is 14.8. The van der Waals surface area contributed by atoms with Crippen LogP contribution in [0.3, 0.4) is 0 Å². The lowest BCUT2D eigenvalue weighted by atomic mass is 10.1. The minimum Gasteiger partial charge on any atom is -0.228 e. The fraction of sp³-hybridized carbons (Fsp3) is 1.00. The Balaban J connectivity index is 5.81. The van der Waals surface area contributed by atoms with Crippen molar-refractivity contribution in [3.63, 3.8) is 0 Å². The minimum atomic E-state index is -5.92. The van der Waals surface area contributed by atoms with Crippen LogP contribution in [0.5, 0.6) is 0 Å². The summed E-state index contributed by atoms with van der Waals surface area (Å²) in [5.41, 5.74) is 0. The zero-order chi connectivity index (χ0) is 26.1. The molecule has 0 N–H and O–H groups in total. The average molecular weight is 567 g/mol. The standard InChI is InChI=1S/C18H26Cl2F10O2S/c19-11-3-1-5-13(7-9-15(21,22)17(25,26)27)33(31,32)14(6-2-4-12-20)8-10-16(23,24)18(28,29)30/h13-14H,1-12H2. The van der Waals surface area contributed by atoms with Crippen molar-refractivity contribution in [3.05, 3.63) is 0 Å². The van der Waals surface area contributed by atoms with Crippen LogP contribution in [-0.4, -0.2) is 54.9 Å². The lowest BCUT2D eigenvalue weighted by Gasteiger charge is -2.28. The number of sulfone groups is 1. The molecule has 0 aliphatic carbocycles. The molecule has 0 radical (unpaired) electrons. The van der Waals surface area contributed by atoms with E-state index in [-0.39, 0.29) is 50.3 Å². The van der Waals surface area contributed by atoms with Gasteiger partial charge in [-0.05, 0) is 38.5 Å². The Morgan fingerprint density at radius 1 is 0.545 bits per heavy atom. The van der Waals surface area contributed by atoms with Crippen molar-refractivity contribution >= 4 is 33.0 Å². The topological polar surface area (TPSA) is 34.1 Å². The monoisotopic (exact) mass is 566 g/mol. The lowest BCUT2D eigenvalue weighted by Crippen LogP contribution is -2.41. The molecule has 0 saturated heterocycles. The fourth-order valence-electron chi connectivity index (χ4n) is 3.12. The van der Waals surface area contributed by atoms with Crippen molar-refractivity contribution in [2.75, 3.05) is 11.8 Å². The van der Waals surface area contributed by atoms with Gasteiger partial charge in [0, 0.05) is 24.6 Å². The van der Waals surface area contributed by atoms with Crippen molar-refractivity contribution in [2.24, 2.45) is 0 Å². The molecule has 0 heterocycles. The summed E-state index contributed by atoms with van der Waals surface area (Å²) in [4.78, 5) is 0. The second-order valence-corrected chi connectivity index (χ2v) is 11.0. The van der Waals surface area contributed by atoms with E-state index in [2.05, 4.69) is 0 Å². The molecule has 200 valence electrons. The van der Waals surface area contributed by atoms with Crippen LogP contribution in [0.4, 0.5) is 43.9 Å². The highest BCUT2D eigenvalue weighted by molar-refractivity contribution is 7.92. The van der Waals surface area contributed by atoms with Crippen molar-refractivity contribution in [1.29, 1.82) is 0 Å². The van der Waals surface area contributed by atoms with Crippen LogP contribution in [0.15, 0.2) is 0 Å². The second-order valence-electron chi connectivity index (χ2n) is 7.68. The molecule has 2 nitrogen and oxygen atoms in total. The highest BCUT2D eigenvalue weighted by Gasteiger charge is 2.58. The molecule has 0 spiro atoms. The maximum Gasteiger partial charge on any atom is 0.453 e. The molecule has 15 heteroatoms. The molecule has 0 bridgehead atoms. The number of unbranched alkanes of at least 4 members (excludes halogenated alkanes) is 2. The van der Waals surface area contributed by atoms with E-state index in [0.29, 0.717) is 0 Å². The van der Waals surface area contributed by atoms with Crippen molar-refractivity contribution in [3.8, 4) is 0 Å². The van der Waals surface area contributed by atoms with Gasteiger partial charge in [0.05, 0.1) is 10.5 Å². The van der Waals surface area contributed by atoms with Crippen molar-refractivity contribution in [1.82, 2.24) is 0 Å². The Morgan fingerprint density at radius 2 is 0.848 bits per heavy atom. The Bertz CT molecular complexity index is 616. The van der Waals surface area contributed by atoms with Crippen LogP contribution < -0.4 is 0 Å². The predicted molar refractivity (Wildman–Crippen MR) is 106 cm³/mol. The summed E-state index contributed by atoms with van der Waals surface area (Å²) in [6.07, 6.45) is -18.2. The summed E-state index contributed by atoms with van der Waals surface area (Å²) >= 11 is 11.0. The molecule has 0 aromatic carbocycles. The van der Waals surface area contributed by atoms with E-state index >= 15 is 0 Å². The molecule has 2 unspecified atom stereocenters. The first kappa shape index (κ1) is 32.8. The molecule has 0 aliphatic heterocycles. The van der Waals surface area contributed by atoms with Gasteiger partial charge in [0.25, 0.3) is 0 Å². The highest BCUT2D eigenvalue weighted by atomic mass is 35.5. The number of rotatable bonds is 16. The van der Waals surface area contributed by atoms with Crippen LogP contribution in [0.2, 0.25) is 0 Å². The summed E-state index contributed by atoms with van der Waals surface area (Å²) < 4.78 is 155. The number of hydrogen-bond acceptors (Lipinski definition) is 2. The van der Waals surface area contributed by atoms with Gasteiger partial charge in [-0.15, -0.1) is 23.2 Å². The van der Waals surface area contributed by atoms with Gasteiger partial charge in [-0.25, -0.2) is 8.42 Å². The zero-order valence-corrected chi connectivity index (χ0v) is 19.7. The van der Waals surface area contributed by atoms with E-state index in [9.17, 15) is 52.3 Å². The Labute approximate surface area is 196 Å². The molecule has 0 aromatic rings. The molecule has 2 atom stereocenters. The summed E-state index contributed by atoms with van der Waals surface area (Å²) in [6.45, 7) is 0. The van der Waals surface area contributed by atoms with Gasteiger partial charge in [0.2, 0.25) is 0 Å². The van der Waals surface area contributed by atoms with E-state index in [4.69, 9.17) is 23.2 Å². The molecular formula is C18H26Cl2F10O2S. The van der Waals surface area contributed by atoms with Gasteiger partial charge < -0.3 is 0 Å². The first-order valence-electron chi connectivity index (χ1n) is 10.1. The van der Waals surface area contributed by atoms with Crippen molar-refractivity contribution < 1.29 is 52.3 Å². The third-order valence-corrected chi connectivity index (χ3v) is 8.47. The van der Waals surface area contributed by atoms with E-state index in [1.54, 1.807) is 0 Å². The SMILES string of the molecule is O=S(=O)(C(CCCCCl)CCC(F)(F)C(F)(F)F)C(CCCCCl)CCC(F)(F)C(F)(F)F. The molecular weight excluding hydrogens is 541 g/mol. The Morgan fingerprint density at radius 3 is 1.09 bits per heavy atom. The van der Waals surface area contributed by atoms with Gasteiger partial charge in [-0.1, -0.05) is 12.8 Å². The third-order valence-electron chi connectivity index (χ3n) is 5.14. The van der Waals surface area contributed by atoms with Crippen molar-refractivity contribution in [2.45, 2.75) is 98.9 Å². The van der Waals surface area contributed by atoms with Gasteiger partial charge in [0.15, 0.2) is 9.84 Å². The van der Waals surface area contributed by atoms with Crippen LogP contribution >= 0.6 is 23.2 Å². The van der Waals surface area contributed by atoms with E-state index < -0.39 is 70.2 Å². The van der Waals surface area contributed by atoms with Crippen LogP contribution in [0.25, 0.3) is 0 Å². The Hall–Kier alpha value is -0.170. The summed E-state index contributed by atoms with van der Waals surface area (Å²) in [5.74, 6) is -10.3. The molecule has 0 rings (SSSR count). The smallest absolute Gasteiger partial charge is 0.228 e. The fourth-order valence-corrected chi connectivity index (χ4v) is 5.92. The van der Waals surface area contributed by atoms with Crippen LogP contribution in [0, 0.1) is 0 Å². The number of halogens is 12. The van der Waals surface area contributed by atoms with Crippen LogP contribution in [0.1, 0.15) is 64.2 Å². The highest BCUT2D eigenvalue weighted by Crippen LogP contribution is 2.42. The third kappa shape index (κ3) is 10.5. The zero-order valence-electron chi connectivity index (χ0n) is 17.4. The van der Waals surface area contributed by atoms with Crippen LogP contribution in [-0.2, 0) is 9.84 Å². The van der Waals surface area contributed by atoms with E-state index in [1.807, 2.05) is 0 Å². The van der Waals surface area contributed by atoms with E-state index in [1.165, 1.54) is 0 Å². The summed E-state index contributed by atoms with van der Waals surface area (Å²) in [7, 11) is -4.65. The largest absolute Gasteiger partial charge is 0.453 e. The van der Waals surface area contributed by atoms with Gasteiger partial charge in [-0.2, -0.15) is 43.9 Å². The minimum absolute atomic E-state index is 0.0259. The Kier molecular flexibility index (Phi) is 13.2. The maximum absolute atomic E-state index is 13.4. The summed E-state index contributed by atoms with van der Waals surface area (Å²) in [5, 5.41) is -3.57. The van der Waals surface area contributed by atoms with Gasteiger partial charge in [0.1, 0.15) is 0 Å². The quantitative estimate of drug-likeness (QED) is 0.108. The second kappa shape index (κ2) is 13.2. The lowest BCUT2D eigenvalue weighted by molar-refractivity contribution is -0.284. The molecule has 0 saturated carbocycles. The molecule has 0 aliphatic rings. The normalized spacial score (nSPS) is 16.1. The van der Waals surface area contributed by atoms with E-state index in [0.717, 1.165) is 0 Å². The molecule has 0 amide bonds. The molecule has 0 fully saturated rings. The maximum atomic E-state index is 13.4. The van der Waals surface area contributed by atoms with Gasteiger partial charge >= 0.3 is 24.2 Å². The average Bonchev–Trinajstić information content (AvgIpc) is 2.64. The first-order valence-corrected chi connectivity index (χ1v) is 12.7. The molecule has 0 aromatic heterocycles. The summed E-state index contributed by atoms with van der Waals surface area (Å²) in [6, 6.07) is 0. The van der Waals surface area contributed by atoms with Gasteiger partial charge in [-0.3, -0.25) is 0 Å². The number of alkyl halides is 12. The molecule has 33 heavy (non-hydrogen) atoms.